The van der Waals surface area contributed by atoms with Crippen molar-refractivity contribution in [1.29, 1.82) is 0 Å². The fourth-order valence-corrected chi connectivity index (χ4v) is 4.75. The largest absolute Gasteiger partial charge is 0.289 e. The van der Waals surface area contributed by atoms with Gasteiger partial charge in [0.2, 0.25) is 0 Å². The maximum Gasteiger partial charge on any atom is 0.268 e. The van der Waals surface area contributed by atoms with Crippen molar-refractivity contribution in [2.75, 3.05) is 0 Å². The van der Waals surface area contributed by atoms with Crippen LogP contribution in [0.5, 0.6) is 0 Å². The number of benzene rings is 2. The molecule has 2 aromatic carbocycles. The Bertz CT molecular complexity index is 1250. The van der Waals surface area contributed by atoms with Gasteiger partial charge in [-0.1, -0.05) is 33.6 Å². The minimum atomic E-state index is -3.88. The maximum absolute atomic E-state index is 13.2. The first-order valence-electron chi connectivity index (χ1n) is 7.97. The molecule has 8 heteroatoms. The van der Waals surface area contributed by atoms with Crippen LogP contribution in [0.15, 0.2) is 64.1 Å². The number of nitrogens with zero attached hydrogens (tertiary/aromatic N) is 1. The summed E-state index contributed by atoms with van der Waals surface area (Å²) in [6, 6.07) is 11.6. The first-order chi connectivity index (χ1) is 12.8. The number of aromatic nitrogens is 1. The van der Waals surface area contributed by atoms with E-state index in [9.17, 15) is 18.0 Å². The van der Waals surface area contributed by atoms with Gasteiger partial charge in [-0.3, -0.25) is 14.9 Å². The lowest BCUT2D eigenvalue weighted by Crippen LogP contribution is -2.21. The second kappa shape index (κ2) is 6.17. The number of hydrogen-bond acceptors (Lipinski definition) is 4. The molecule has 3 aromatic rings. The first kappa shape index (κ1) is 17.7. The van der Waals surface area contributed by atoms with Crippen molar-refractivity contribution in [3.05, 3.63) is 70.3 Å². The van der Waals surface area contributed by atoms with Crippen LogP contribution < -0.4 is 5.32 Å². The zero-order valence-corrected chi connectivity index (χ0v) is 16.5. The van der Waals surface area contributed by atoms with E-state index in [1.165, 1.54) is 12.3 Å². The number of halogens is 1. The SMILES string of the molecule is Cc1ccc(S(=O)(=O)n2cc(C3=CC(=O)NC3=O)c3cc(Br)ccc32)cc1. The van der Waals surface area contributed by atoms with Crippen molar-refractivity contribution in [2.45, 2.75) is 11.8 Å². The number of nitrogens with one attached hydrogen (secondary N) is 1. The Labute approximate surface area is 163 Å². The molecule has 2 amide bonds. The highest BCUT2D eigenvalue weighted by molar-refractivity contribution is 9.10. The van der Waals surface area contributed by atoms with Crippen LogP contribution in [0, 0.1) is 6.92 Å². The molecule has 0 saturated carbocycles. The molecule has 0 unspecified atom stereocenters. The Morgan fingerprint density at radius 2 is 1.74 bits per heavy atom. The zero-order valence-electron chi connectivity index (χ0n) is 14.1. The number of fused-ring (bicyclic) bond motifs is 1. The Balaban J connectivity index is 2.00. The van der Waals surface area contributed by atoms with Gasteiger partial charge >= 0.3 is 0 Å². The summed E-state index contributed by atoms with van der Waals surface area (Å²) in [5.41, 5.74) is 1.88. The molecule has 0 saturated heterocycles. The van der Waals surface area contributed by atoms with E-state index in [0.29, 0.717) is 16.5 Å². The third-order valence-electron chi connectivity index (χ3n) is 4.36. The number of carbonyl (C=O) groups is 2. The quantitative estimate of drug-likeness (QED) is 0.629. The van der Waals surface area contributed by atoms with Gasteiger partial charge in [-0.25, -0.2) is 12.4 Å². The third-order valence-corrected chi connectivity index (χ3v) is 6.54. The smallest absolute Gasteiger partial charge is 0.268 e. The highest BCUT2D eigenvalue weighted by Crippen LogP contribution is 2.33. The average molecular weight is 445 g/mol. The molecule has 0 fully saturated rings. The van der Waals surface area contributed by atoms with Crippen molar-refractivity contribution >= 4 is 54.2 Å². The van der Waals surface area contributed by atoms with E-state index in [4.69, 9.17) is 0 Å². The number of aryl methyl sites for hydroxylation is 1. The van der Waals surface area contributed by atoms with Crippen LogP contribution in [-0.4, -0.2) is 24.2 Å². The monoisotopic (exact) mass is 444 g/mol. The Kier molecular flexibility index (Phi) is 4.05. The lowest BCUT2D eigenvalue weighted by molar-refractivity contribution is -0.123. The summed E-state index contributed by atoms with van der Waals surface area (Å²) in [7, 11) is -3.88. The van der Waals surface area contributed by atoms with Gasteiger partial charge < -0.3 is 0 Å². The predicted octanol–water partition coefficient (Wildman–Crippen LogP) is 2.99. The van der Waals surface area contributed by atoms with E-state index in [0.717, 1.165) is 14.0 Å². The zero-order chi connectivity index (χ0) is 19.3. The molecule has 0 spiro atoms. The maximum atomic E-state index is 13.2. The second-order valence-corrected chi connectivity index (χ2v) is 8.93. The molecule has 1 N–H and O–H groups in total. The van der Waals surface area contributed by atoms with Gasteiger partial charge in [-0.2, -0.15) is 0 Å². The van der Waals surface area contributed by atoms with Gasteiger partial charge in [0.15, 0.2) is 0 Å². The number of amides is 2. The van der Waals surface area contributed by atoms with Gasteiger partial charge in [0.1, 0.15) is 0 Å². The van der Waals surface area contributed by atoms with E-state index in [1.807, 2.05) is 6.92 Å². The summed E-state index contributed by atoms with van der Waals surface area (Å²) < 4.78 is 28.2. The van der Waals surface area contributed by atoms with E-state index < -0.39 is 21.8 Å². The fraction of sp³-hybridized carbons (Fsp3) is 0.0526. The van der Waals surface area contributed by atoms with Crippen LogP contribution in [0.2, 0.25) is 0 Å². The standard InChI is InChI=1S/C19H13BrN2O4S/c1-11-2-5-13(6-3-11)27(25,26)22-10-16(15-9-18(23)21-19(15)24)14-8-12(20)4-7-17(14)22/h2-10H,1H3,(H,21,23,24). The normalized spacial score (nSPS) is 14.5. The Hall–Kier alpha value is -2.71. The fourth-order valence-electron chi connectivity index (χ4n) is 3.02. The molecule has 0 atom stereocenters. The lowest BCUT2D eigenvalue weighted by Gasteiger charge is -2.08. The van der Waals surface area contributed by atoms with E-state index >= 15 is 0 Å². The third kappa shape index (κ3) is 2.90. The van der Waals surface area contributed by atoms with Crippen LogP contribution in [-0.2, 0) is 19.6 Å². The molecule has 27 heavy (non-hydrogen) atoms. The predicted molar refractivity (Wildman–Crippen MR) is 105 cm³/mol. The molecule has 2 heterocycles. The van der Waals surface area contributed by atoms with Crippen LogP contribution in [0.1, 0.15) is 11.1 Å². The van der Waals surface area contributed by atoms with Gasteiger partial charge in [-0.05, 0) is 37.3 Å². The van der Waals surface area contributed by atoms with Crippen LogP contribution in [0.3, 0.4) is 0 Å². The van der Waals surface area contributed by atoms with Crippen LogP contribution in [0.25, 0.3) is 16.5 Å². The van der Waals surface area contributed by atoms with Gasteiger partial charge in [-0.15, -0.1) is 0 Å². The van der Waals surface area contributed by atoms with Crippen LogP contribution >= 0.6 is 15.9 Å². The van der Waals surface area contributed by atoms with Gasteiger partial charge in [0, 0.05) is 27.7 Å². The molecule has 1 aliphatic heterocycles. The highest BCUT2D eigenvalue weighted by atomic mass is 79.9. The molecule has 1 aliphatic rings. The van der Waals surface area contributed by atoms with Crippen molar-refractivity contribution in [3.63, 3.8) is 0 Å². The minimum absolute atomic E-state index is 0.139. The highest BCUT2D eigenvalue weighted by Gasteiger charge is 2.28. The molecular weight excluding hydrogens is 432 g/mol. The van der Waals surface area contributed by atoms with Crippen molar-refractivity contribution < 1.29 is 18.0 Å². The van der Waals surface area contributed by atoms with E-state index in [-0.39, 0.29) is 10.5 Å². The molecular formula is C19H13BrN2O4S. The Morgan fingerprint density at radius 1 is 1.04 bits per heavy atom. The second-order valence-electron chi connectivity index (χ2n) is 6.19. The summed E-state index contributed by atoms with van der Waals surface area (Å²) in [5.74, 6) is -1.07. The molecule has 1 aromatic heterocycles. The molecule has 0 bridgehead atoms. The summed E-state index contributed by atoms with van der Waals surface area (Å²) in [6.45, 7) is 1.87. The topological polar surface area (TPSA) is 85.2 Å². The van der Waals surface area contributed by atoms with Crippen molar-refractivity contribution in [3.8, 4) is 0 Å². The number of imide groups is 1. The van der Waals surface area contributed by atoms with E-state index in [1.54, 1.807) is 42.5 Å². The first-order valence-corrected chi connectivity index (χ1v) is 10.2. The van der Waals surface area contributed by atoms with Gasteiger partial charge in [0.25, 0.3) is 21.8 Å². The minimum Gasteiger partial charge on any atom is -0.289 e. The summed E-state index contributed by atoms with van der Waals surface area (Å²) in [6.07, 6.45) is 2.57. The van der Waals surface area contributed by atoms with Crippen molar-refractivity contribution in [1.82, 2.24) is 9.29 Å². The van der Waals surface area contributed by atoms with Crippen molar-refractivity contribution in [2.24, 2.45) is 0 Å². The van der Waals surface area contributed by atoms with E-state index in [2.05, 4.69) is 21.2 Å². The van der Waals surface area contributed by atoms with Gasteiger partial charge in [0.05, 0.1) is 16.0 Å². The molecule has 6 nitrogen and oxygen atoms in total. The summed E-state index contributed by atoms with van der Waals surface area (Å²) >= 11 is 3.37. The van der Waals surface area contributed by atoms with Crippen LogP contribution in [0.4, 0.5) is 0 Å². The number of rotatable bonds is 3. The molecule has 0 aliphatic carbocycles. The lowest BCUT2D eigenvalue weighted by atomic mass is 10.1. The molecule has 4 rings (SSSR count). The molecule has 136 valence electrons. The summed E-state index contributed by atoms with van der Waals surface area (Å²) in [5, 5.41) is 2.74. The molecule has 0 radical (unpaired) electrons. The number of hydrogen-bond donors (Lipinski definition) is 1. The Morgan fingerprint density at radius 3 is 2.37 bits per heavy atom. The average Bonchev–Trinajstić information content (AvgIpc) is 3.14. The number of carbonyl (C=O) groups excluding carboxylic acids is 2. The summed E-state index contributed by atoms with van der Waals surface area (Å²) in [4.78, 5) is 23.8.